The molecule has 8 heteroatoms. The van der Waals surface area contributed by atoms with Crippen molar-refractivity contribution < 1.29 is 18.7 Å². The molecular weight excluding hydrogens is 418 g/mol. The number of aromatic nitrogens is 1. The van der Waals surface area contributed by atoms with Crippen molar-refractivity contribution in [2.75, 3.05) is 25.5 Å². The number of nitrogens with zero attached hydrogens (tertiary/aromatic N) is 3. The van der Waals surface area contributed by atoms with Crippen LogP contribution in [0.3, 0.4) is 0 Å². The summed E-state index contributed by atoms with van der Waals surface area (Å²) < 4.78 is 11.6. The Kier molecular flexibility index (Phi) is 5.95. The summed E-state index contributed by atoms with van der Waals surface area (Å²) in [5, 5.41) is 0.572. The average Bonchev–Trinajstić information content (AvgIpc) is 3.25. The van der Waals surface area contributed by atoms with E-state index in [0.29, 0.717) is 34.5 Å². The highest BCUT2D eigenvalue weighted by molar-refractivity contribution is 6.33. The van der Waals surface area contributed by atoms with Crippen molar-refractivity contribution in [3.8, 4) is 17.1 Å². The molecule has 0 spiro atoms. The standard InChI is InChI=1S/C23H22ClN3O4/c1-26(2)23(29)20-14-27(17-9-5-6-10-18(17)30-20)22(28)12-11-21-25-13-19(31-21)15-7-3-4-8-16(15)24/h3-10,13,20H,11-12,14H2,1-2H3. The largest absolute Gasteiger partial charge is 0.476 e. The second-order valence-electron chi connectivity index (χ2n) is 7.41. The van der Waals surface area contributed by atoms with Gasteiger partial charge in [0, 0.05) is 32.5 Å². The van der Waals surface area contributed by atoms with Crippen LogP contribution in [0.5, 0.6) is 5.75 Å². The first-order chi connectivity index (χ1) is 14.9. The van der Waals surface area contributed by atoms with E-state index in [9.17, 15) is 9.59 Å². The fourth-order valence-electron chi connectivity index (χ4n) is 3.45. The Hall–Kier alpha value is -3.32. The fraction of sp³-hybridized carbons (Fsp3) is 0.261. The van der Waals surface area contributed by atoms with Gasteiger partial charge in [0.25, 0.3) is 5.91 Å². The molecule has 31 heavy (non-hydrogen) atoms. The SMILES string of the molecule is CN(C)C(=O)C1CN(C(=O)CCc2ncc(-c3ccccc3Cl)o2)c2ccccc2O1. The van der Waals surface area contributed by atoms with E-state index in [-0.39, 0.29) is 24.8 Å². The zero-order chi connectivity index (χ0) is 22.0. The summed E-state index contributed by atoms with van der Waals surface area (Å²) in [5.41, 5.74) is 1.40. The van der Waals surface area contributed by atoms with Crippen LogP contribution < -0.4 is 9.64 Å². The summed E-state index contributed by atoms with van der Waals surface area (Å²) in [5.74, 6) is 1.20. The third-order valence-electron chi connectivity index (χ3n) is 5.04. The van der Waals surface area contributed by atoms with Crippen molar-refractivity contribution in [2.45, 2.75) is 18.9 Å². The lowest BCUT2D eigenvalue weighted by atomic mass is 10.1. The van der Waals surface area contributed by atoms with Gasteiger partial charge in [-0.15, -0.1) is 0 Å². The van der Waals surface area contributed by atoms with Crippen molar-refractivity contribution in [2.24, 2.45) is 0 Å². The Morgan fingerprint density at radius 2 is 1.90 bits per heavy atom. The van der Waals surface area contributed by atoms with Crippen LogP contribution in [0.15, 0.2) is 59.1 Å². The molecular formula is C23H22ClN3O4. The molecule has 1 unspecified atom stereocenters. The van der Waals surface area contributed by atoms with Crippen molar-refractivity contribution >= 4 is 29.1 Å². The maximum atomic E-state index is 13.1. The van der Waals surface area contributed by atoms with E-state index >= 15 is 0 Å². The quantitative estimate of drug-likeness (QED) is 0.604. The minimum Gasteiger partial charge on any atom is -0.476 e. The number of fused-ring (bicyclic) bond motifs is 1. The van der Waals surface area contributed by atoms with Crippen molar-refractivity contribution in [3.63, 3.8) is 0 Å². The zero-order valence-corrected chi connectivity index (χ0v) is 18.0. The van der Waals surface area contributed by atoms with Crippen molar-refractivity contribution in [3.05, 3.63) is 65.6 Å². The van der Waals surface area contributed by atoms with E-state index < -0.39 is 6.10 Å². The number of oxazole rings is 1. The molecule has 2 aromatic carbocycles. The number of amides is 2. The van der Waals surface area contributed by atoms with Gasteiger partial charge in [-0.3, -0.25) is 9.59 Å². The van der Waals surface area contributed by atoms with Gasteiger partial charge >= 0.3 is 0 Å². The van der Waals surface area contributed by atoms with Crippen LogP contribution in [0.25, 0.3) is 11.3 Å². The Balaban J connectivity index is 1.48. The summed E-state index contributed by atoms with van der Waals surface area (Å²) >= 11 is 6.21. The van der Waals surface area contributed by atoms with Crippen LogP contribution in [0, 0.1) is 0 Å². The van der Waals surface area contributed by atoms with Gasteiger partial charge in [-0.2, -0.15) is 0 Å². The first kappa shape index (κ1) is 20.9. The summed E-state index contributed by atoms with van der Waals surface area (Å²) in [6.45, 7) is 0.156. The van der Waals surface area contributed by atoms with E-state index in [1.165, 1.54) is 4.90 Å². The summed E-state index contributed by atoms with van der Waals surface area (Å²) in [6.07, 6.45) is 1.37. The van der Waals surface area contributed by atoms with Crippen LogP contribution in [0.4, 0.5) is 5.69 Å². The van der Waals surface area contributed by atoms with Gasteiger partial charge < -0.3 is 19.0 Å². The number of aryl methyl sites for hydroxylation is 1. The van der Waals surface area contributed by atoms with E-state index in [1.807, 2.05) is 36.4 Å². The van der Waals surface area contributed by atoms with Crippen LogP contribution in [0.2, 0.25) is 5.02 Å². The molecule has 1 aliphatic rings. The molecule has 0 saturated carbocycles. The van der Waals surface area contributed by atoms with Crippen LogP contribution >= 0.6 is 11.6 Å². The summed E-state index contributed by atoms with van der Waals surface area (Å²) in [4.78, 5) is 32.8. The number of anilines is 1. The maximum Gasteiger partial charge on any atom is 0.265 e. The van der Waals surface area contributed by atoms with Crippen LogP contribution in [-0.2, 0) is 16.0 Å². The third kappa shape index (κ3) is 4.41. The topological polar surface area (TPSA) is 75.9 Å². The minimum absolute atomic E-state index is 0.134. The van der Waals surface area contributed by atoms with Gasteiger partial charge in [0.2, 0.25) is 5.91 Å². The molecule has 1 aliphatic heterocycles. The molecule has 0 aliphatic carbocycles. The predicted molar refractivity (Wildman–Crippen MR) is 117 cm³/mol. The first-order valence-electron chi connectivity index (χ1n) is 9.91. The Morgan fingerprint density at radius 3 is 2.68 bits per heavy atom. The van der Waals surface area contributed by atoms with E-state index in [2.05, 4.69) is 4.98 Å². The number of rotatable bonds is 5. The first-order valence-corrected chi connectivity index (χ1v) is 10.3. The lowest BCUT2D eigenvalue weighted by Crippen LogP contribution is -2.50. The number of likely N-dealkylation sites (N-methyl/N-ethyl adjacent to an activating group) is 1. The number of hydrogen-bond donors (Lipinski definition) is 0. The molecule has 1 aromatic heterocycles. The molecule has 1 atom stereocenters. The molecule has 160 valence electrons. The third-order valence-corrected chi connectivity index (χ3v) is 5.37. The number of benzene rings is 2. The molecule has 7 nitrogen and oxygen atoms in total. The smallest absolute Gasteiger partial charge is 0.265 e. The molecule has 0 bridgehead atoms. The van der Waals surface area contributed by atoms with Gasteiger partial charge in [-0.05, 0) is 24.3 Å². The number of carbonyl (C=O) groups is 2. The van der Waals surface area contributed by atoms with E-state index in [1.54, 1.807) is 37.3 Å². The normalized spacial score (nSPS) is 15.2. The molecule has 0 radical (unpaired) electrons. The fourth-order valence-corrected chi connectivity index (χ4v) is 3.68. The van der Waals surface area contributed by atoms with Crippen LogP contribution in [0.1, 0.15) is 12.3 Å². The molecule has 2 amide bonds. The highest BCUT2D eigenvalue weighted by atomic mass is 35.5. The second-order valence-corrected chi connectivity index (χ2v) is 7.82. The molecule has 2 heterocycles. The zero-order valence-electron chi connectivity index (χ0n) is 17.2. The van der Waals surface area contributed by atoms with Crippen molar-refractivity contribution in [1.82, 2.24) is 9.88 Å². The molecule has 0 N–H and O–H groups in total. The molecule has 0 saturated heterocycles. The number of para-hydroxylation sites is 2. The molecule has 0 fully saturated rings. The predicted octanol–water partition coefficient (Wildman–Crippen LogP) is 3.81. The Morgan fingerprint density at radius 1 is 1.16 bits per heavy atom. The van der Waals surface area contributed by atoms with E-state index in [4.69, 9.17) is 20.8 Å². The summed E-state index contributed by atoms with van der Waals surface area (Å²) in [6, 6.07) is 14.6. The monoisotopic (exact) mass is 439 g/mol. The Bertz CT molecular complexity index is 1110. The summed E-state index contributed by atoms with van der Waals surface area (Å²) in [7, 11) is 3.33. The van der Waals surface area contributed by atoms with Crippen LogP contribution in [-0.4, -0.2) is 48.4 Å². The van der Waals surface area contributed by atoms with Gasteiger partial charge in [0.05, 0.1) is 23.5 Å². The lowest BCUT2D eigenvalue weighted by molar-refractivity contribution is -0.136. The Labute approximate surface area is 185 Å². The number of ether oxygens (including phenoxy) is 1. The number of carbonyl (C=O) groups excluding carboxylic acids is 2. The minimum atomic E-state index is -0.748. The molecule has 3 aromatic rings. The molecule has 4 rings (SSSR count). The van der Waals surface area contributed by atoms with Crippen molar-refractivity contribution in [1.29, 1.82) is 0 Å². The highest BCUT2D eigenvalue weighted by Crippen LogP contribution is 2.34. The lowest BCUT2D eigenvalue weighted by Gasteiger charge is -2.35. The van der Waals surface area contributed by atoms with E-state index in [0.717, 1.165) is 5.56 Å². The van der Waals surface area contributed by atoms with Gasteiger partial charge in [0.1, 0.15) is 5.75 Å². The highest BCUT2D eigenvalue weighted by Gasteiger charge is 2.34. The maximum absolute atomic E-state index is 13.1. The number of halogens is 1. The number of hydrogen-bond acceptors (Lipinski definition) is 5. The average molecular weight is 440 g/mol. The van der Waals surface area contributed by atoms with Gasteiger partial charge in [-0.25, -0.2) is 4.98 Å². The second kappa shape index (κ2) is 8.81. The van der Waals surface area contributed by atoms with Gasteiger partial charge in [-0.1, -0.05) is 35.9 Å². The van der Waals surface area contributed by atoms with Gasteiger partial charge in [0.15, 0.2) is 17.8 Å².